The molecule has 0 aliphatic heterocycles. The average molecular weight is 499 g/mol. The van der Waals surface area contributed by atoms with E-state index in [0.29, 0.717) is 11.4 Å². The lowest BCUT2D eigenvalue weighted by molar-refractivity contribution is -0.140. The number of ether oxygens (including phenoxy) is 2. The van der Waals surface area contributed by atoms with E-state index in [0.717, 1.165) is 34.0 Å². The third-order valence-electron chi connectivity index (χ3n) is 5.42. The number of thiophene rings is 1. The molecule has 2 heterocycles. The van der Waals surface area contributed by atoms with Crippen molar-refractivity contribution in [3.8, 4) is 5.69 Å². The van der Waals surface area contributed by atoms with Gasteiger partial charge in [-0.05, 0) is 68.5 Å². The summed E-state index contributed by atoms with van der Waals surface area (Å²) in [5, 5.41) is 9.02. The Balaban J connectivity index is 1.66. The molecule has 184 valence electrons. The predicted octanol–water partition coefficient (Wildman–Crippen LogP) is 2.94. The number of methoxy groups -OCH3 is 1. The molecule has 3 aromatic rings. The lowest BCUT2D eigenvalue weighted by Gasteiger charge is -2.13. The number of nitrogens with one attached hydrogen (secondary N) is 1. The lowest BCUT2D eigenvalue weighted by atomic mass is 10.1. The van der Waals surface area contributed by atoms with Gasteiger partial charge < -0.3 is 20.5 Å². The molecule has 0 saturated carbocycles. The van der Waals surface area contributed by atoms with E-state index in [1.54, 1.807) is 34.3 Å². The largest absolute Gasteiger partial charge is 0.469 e. The van der Waals surface area contributed by atoms with Crippen LogP contribution in [0.15, 0.2) is 35.7 Å². The molecular formula is C24H26N4O6S. The number of anilines is 1. The Bertz CT molecular complexity index is 1260. The van der Waals surface area contributed by atoms with Crippen molar-refractivity contribution in [2.24, 2.45) is 5.73 Å². The minimum Gasteiger partial charge on any atom is -0.469 e. The van der Waals surface area contributed by atoms with Crippen LogP contribution in [0, 0.1) is 13.8 Å². The number of carbonyl (C=O) groups is 4. The Labute approximate surface area is 206 Å². The quantitative estimate of drug-likeness (QED) is 0.432. The second-order valence-electron chi connectivity index (χ2n) is 7.75. The molecule has 3 rings (SSSR count). The Hall–Kier alpha value is -3.99. The molecule has 11 heteroatoms. The molecule has 0 spiro atoms. The van der Waals surface area contributed by atoms with Crippen molar-refractivity contribution in [1.29, 1.82) is 0 Å². The van der Waals surface area contributed by atoms with E-state index in [1.807, 2.05) is 13.8 Å². The van der Waals surface area contributed by atoms with Crippen LogP contribution in [-0.4, -0.2) is 46.7 Å². The third kappa shape index (κ3) is 5.93. The zero-order chi connectivity index (χ0) is 25.7. The summed E-state index contributed by atoms with van der Waals surface area (Å²) < 4.78 is 11.7. The van der Waals surface area contributed by atoms with E-state index in [1.165, 1.54) is 20.1 Å². The van der Waals surface area contributed by atoms with Crippen LogP contribution >= 0.6 is 11.3 Å². The number of nitrogens with zero attached hydrogens (tertiary/aromatic N) is 2. The van der Waals surface area contributed by atoms with Gasteiger partial charge in [0.2, 0.25) is 0 Å². The Morgan fingerprint density at radius 3 is 2.46 bits per heavy atom. The smallest absolute Gasteiger partial charge is 0.338 e. The van der Waals surface area contributed by atoms with Gasteiger partial charge in [-0.15, -0.1) is 11.3 Å². The standard InChI is InChI=1S/C24H26N4O6S/c1-13-18(9-10-20(29)33-4)14(2)28(27-13)17-7-5-16(6-8-17)24(32)34-15(3)22(31)26-23-19(21(25)30)11-12-35-23/h5-8,11-12,15H,9-10H2,1-4H3,(H2,25,30)(H,26,31). The van der Waals surface area contributed by atoms with E-state index in [4.69, 9.17) is 15.2 Å². The fourth-order valence-corrected chi connectivity index (χ4v) is 4.25. The molecule has 35 heavy (non-hydrogen) atoms. The number of rotatable bonds is 9. The van der Waals surface area contributed by atoms with Crippen LogP contribution in [0.5, 0.6) is 0 Å². The Kier molecular flexibility index (Phi) is 8.02. The minimum absolute atomic E-state index is 0.190. The highest BCUT2D eigenvalue weighted by molar-refractivity contribution is 7.14. The van der Waals surface area contributed by atoms with Crippen molar-refractivity contribution in [1.82, 2.24) is 9.78 Å². The molecule has 0 aliphatic rings. The van der Waals surface area contributed by atoms with E-state index >= 15 is 0 Å². The second-order valence-corrected chi connectivity index (χ2v) is 8.66. The zero-order valence-electron chi connectivity index (χ0n) is 19.8. The molecular weight excluding hydrogens is 472 g/mol. The van der Waals surface area contributed by atoms with Crippen molar-refractivity contribution in [2.75, 3.05) is 12.4 Å². The van der Waals surface area contributed by atoms with Gasteiger partial charge in [0.15, 0.2) is 6.10 Å². The molecule has 2 aromatic heterocycles. The number of esters is 2. The first-order valence-electron chi connectivity index (χ1n) is 10.7. The van der Waals surface area contributed by atoms with Gasteiger partial charge in [-0.2, -0.15) is 5.10 Å². The van der Waals surface area contributed by atoms with Crippen LogP contribution in [0.25, 0.3) is 5.69 Å². The molecule has 0 aliphatic carbocycles. The van der Waals surface area contributed by atoms with Gasteiger partial charge in [-0.1, -0.05) is 0 Å². The number of aryl methyl sites for hydroxylation is 1. The maximum Gasteiger partial charge on any atom is 0.338 e. The first kappa shape index (κ1) is 25.6. The Morgan fingerprint density at radius 1 is 1.14 bits per heavy atom. The molecule has 3 N–H and O–H groups in total. The number of amides is 2. The van der Waals surface area contributed by atoms with E-state index < -0.39 is 23.9 Å². The molecule has 0 bridgehead atoms. The molecule has 0 radical (unpaired) electrons. The van der Waals surface area contributed by atoms with Gasteiger partial charge in [0.25, 0.3) is 11.8 Å². The molecule has 1 unspecified atom stereocenters. The summed E-state index contributed by atoms with van der Waals surface area (Å²) in [6.07, 6.45) is -0.323. The van der Waals surface area contributed by atoms with Crippen LogP contribution in [0.1, 0.15) is 51.0 Å². The third-order valence-corrected chi connectivity index (χ3v) is 6.25. The van der Waals surface area contributed by atoms with Crippen molar-refractivity contribution < 1.29 is 28.7 Å². The van der Waals surface area contributed by atoms with E-state index in [2.05, 4.69) is 10.4 Å². The lowest BCUT2D eigenvalue weighted by Crippen LogP contribution is -2.30. The number of aromatic nitrogens is 2. The summed E-state index contributed by atoms with van der Waals surface area (Å²) in [5.41, 5.74) is 9.11. The summed E-state index contributed by atoms with van der Waals surface area (Å²) in [4.78, 5) is 47.8. The number of benzene rings is 1. The zero-order valence-corrected chi connectivity index (χ0v) is 20.6. The van der Waals surface area contributed by atoms with Gasteiger partial charge in [-0.25, -0.2) is 9.48 Å². The summed E-state index contributed by atoms with van der Waals surface area (Å²) in [7, 11) is 1.36. The van der Waals surface area contributed by atoms with Gasteiger partial charge in [0.1, 0.15) is 5.00 Å². The SMILES string of the molecule is COC(=O)CCc1c(C)nn(-c2ccc(C(=O)OC(C)C(=O)Nc3sccc3C(N)=O)cc2)c1C. The fourth-order valence-electron chi connectivity index (χ4n) is 3.45. The van der Waals surface area contributed by atoms with Crippen molar-refractivity contribution in [2.45, 2.75) is 39.7 Å². The highest BCUT2D eigenvalue weighted by atomic mass is 32.1. The molecule has 1 atom stereocenters. The van der Waals surface area contributed by atoms with E-state index in [9.17, 15) is 19.2 Å². The minimum atomic E-state index is -1.10. The average Bonchev–Trinajstić information content (AvgIpc) is 3.41. The van der Waals surface area contributed by atoms with Crippen LogP contribution in [0.3, 0.4) is 0 Å². The molecule has 0 fully saturated rings. The van der Waals surface area contributed by atoms with Gasteiger partial charge in [0.05, 0.1) is 29.6 Å². The number of carbonyl (C=O) groups excluding carboxylic acids is 4. The maximum atomic E-state index is 12.5. The first-order chi connectivity index (χ1) is 16.6. The molecule has 10 nitrogen and oxygen atoms in total. The summed E-state index contributed by atoms with van der Waals surface area (Å²) >= 11 is 1.14. The van der Waals surface area contributed by atoms with Gasteiger partial charge in [-0.3, -0.25) is 14.4 Å². The molecule has 2 amide bonds. The van der Waals surface area contributed by atoms with Crippen molar-refractivity contribution in [3.63, 3.8) is 0 Å². The molecule has 1 aromatic carbocycles. The van der Waals surface area contributed by atoms with Crippen LogP contribution in [-0.2, 0) is 25.5 Å². The van der Waals surface area contributed by atoms with Crippen LogP contribution in [0.2, 0.25) is 0 Å². The maximum absolute atomic E-state index is 12.5. The number of hydrogen-bond donors (Lipinski definition) is 2. The number of primary amides is 1. The van der Waals surface area contributed by atoms with Crippen molar-refractivity contribution in [3.05, 3.63) is 63.8 Å². The number of hydrogen-bond acceptors (Lipinski definition) is 8. The summed E-state index contributed by atoms with van der Waals surface area (Å²) in [6.45, 7) is 5.22. The topological polar surface area (TPSA) is 143 Å². The van der Waals surface area contributed by atoms with Gasteiger partial charge >= 0.3 is 11.9 Å². The first-order valence-corrected chi connectivity index (χ1v) is 11.6. The van der Waals surface area contributed by atoms with Crippen molar-refractivity contribution >= 4 is 40.1 Å². The normalized spacial score (nSPS) is 11.5. The summed E-state index contributed by atoms with van der Waals surface area (Å²) in [6, 6.07) is 8.10. The van der Waals surface area contributed by atoms with E-state index in [-0.39, 0.29) is 23.5 Å². The number of nitrogens with two attached hydrogens (primary N) is 1. The fraction of sp³-hybridized carbons (Fsp3) is 0.292. The highest BCUT2D eigenvalue weighted by Gasteiger charge is 2.22. The van der Waals surface area contributed by atoms with Gasteiger partial charge in [0, 0.05) is 12.1 Å². The predicted molar refractivity (Wildman–Crippen MR) is 130 cm³/mol. The van der Waals surface area contributed by atoms with Crippen LogP contribution in [0.4, 0.5) is 5.00 Å². The Morgan fingerprint density at radius 2 is 1.83 bits per heavy atom. The monoisotopic (exact) mass is 498 g/mol. The molecule has 0 saturated heterocycles. The second kappa shape index (κ2) is 11.0. The summed E-state index contributed by atoms with van der Waals surface area (Å²) in [5.74, 6) is -2.20. The van der Waals surface area contributed by atoms with Crippen LogP contribution < -0.4 is 11.1 Å². The highest BCUT2D eigenvalue weighted by Crippen LogP contribution is 2.23.